The molecule has 1 fully saturated rings. The minimum absolute atomic E-state index is 0.128. The predicted molar refractivity (Wildman–Crippen MR) is 114 cm³/mol. The van der Waals surface area contributed by atoms with Gasteiger partial charge in [-0.3, -0.25) is 9.59 Å². The first kappa shape index (κ1) is 19.4. The molecule has 1 heterocycles. The molecule has 1 saturated carbocycles. The van der Waals surface area contributed by atoms with E-state index in [0.717, 1.165) is 18.4 Å². The number of carbonyl (C=O) groups excluding carboxylic acids is 2. The van der Waals surface area contributed by atoms with E-state index in [2.05, 4.69) is 22.2 Å². The number of rotatable bonds is 8. The van der Waals surface area contributed by atoms with Crippen molar-refractivity contribution in [1.29, 1.82) is 0 Å². The first-order valence-corrected chi connectivity index (χ1v) is 9.70. The zero-order valence-corrected chi connectivity index (χ0v) is 16.4. The molecule has 2 amide bonds. The Balaban J connectivity index is 1.38. The van der Waals surface area contributed by atoms with E-state index >= 15 is 0 Å². The first-order valence-electron chi connectivity index (χ1n) is 9.70. The van der Waals surface area contributed by atoms with Crippen LogP contribution < -0.4 is 15.4 Å². The van der Waals surface area contributed by atoms with Crippen LogP contribution >= 0.6 is 0 Å². The van der Waals surface area contributed by atoms with Gasteiger partial charge in [0, 0.05) is 35.2 Å². The molecular weight excluding hydrogens is 380 g/mol. The van der Waals surface area contributed by atoms with Crippen LogP contribution in [0, 0.1) is 0 Å². The molecule has 3 aromatic rings. The van der Waals surface area contributed by atoms with Gasteiger partial charge in [-0.15, -0.1) is 0 Å². The van der Waals surface area contributed by atoms with Crippen LogP contribution in [0.3, 0.4) is 0 Å². The van der Waals surface area contributed by atoms with E-state index < -0.39 is 0 Å². The molecule has 152 valence electrons. The largest absolute Gasteiger partial charge is 0.483 e. The van der Waals surface area contributed by atoms with E-state index in [-0.39, 0.29) is 24.5 Å². The highest BCUT2D eigenvalue weighted by atomic mass is 16.5. The van der Waals surface area contributed by atoms with Gasteiger partial charge in [-0.05, 0) is 43.2 Å². The molecule has 1 aliphatic rings. The molecule has 30 heavy (non-hydrogen) atoms. The number of anilines is 1. The monoisotopic (exact) mass is 402 g/mol. The summed E-state index contributed by atoms with van der Waals surface area (Å²) in [7, 11) is 0. The second-order valence-corrected chi connectivity index (χ2v) is 7.08. The number of hydrogen-bond acceptors (Lipinski definition) is 4. The Morgan fingerprint density at radius 1 is 1.17 bits per heavy atom. The van der Waals surface area contributed by atoms with Gasteiger partial charge in [0.15, 0.2) is 6.61 Å². The fourth-order valence-electron chi connectivity index (χ4n) is 2.96. The lowest BCUT2D eigenvalue weighted by Gasteiger charge is -2.14. The van der Waals surface area contributed by atoms with Crippen LogP contribution in [0.1, 0.15) is 28.8 Å². The van der Waals surface area contributed by atoms with E-state index in [1.807, 2.05) is 18.2 Å². The summed E-state index contributed by atoms with van der Waals surface area (Å²) in [6, 6.07) is 14.5. The van der Waals surface area contributed by atoms with Gasteiger partial charge in [0.2, 0.25) is 0 Å². The van der Waals surface area contributed by atoms with Gasteiger partial charge in [-0.2, -0.15) is 0 Å². The lowest BCUT2D eigenvalue weighted by molar-refractivity contribution is -0.118. The standard InChI is InChI=1S/C23H22N4O3/c1-16(27-12-11-24-15-27)20-7-2-3-8-21(20)30-14-22(28)25-19-6-4-5-17(13-19)23(29)26-18-9-10-18/h2-8,11-13,15,18H,1,9-10,14H2,(H,25,28)(H,26,29). The van der Waals surface area contributed by atoms with Crippen molar-refractivity contribution in [2.45, 2.75) is 18.9 Å². The highest BCUT2D eigenvalue weighted by molar-refractivity contribution is 5.97. The van der Waals surface area contributed by atoms with Gasteiger partial charge < -0.3 is 19.9 Å². The average Bonchev–Trinajstić information content (AvgIpc) is 3.40. The maximum atomic E-state index is 12.4. The number of benzene rings is 2. The lowest BCUT2D eigenvalue weighted by Crippen LogP contribution is -2.25. The third-order valence-corrected chi connectivity index (χ3v) is 4.69. The lowest BCUT2D eigenvalue weighted by atomic mass is 10.1. The van der Waals surface area contributed by atoms with Gasteiger partial charge >= 0.3 is 0 Å². The number of nitrogens with zero attached hydrogens (tertiary/aromatic N) is 2. The van der Waals surface area contributed by atoms with Gasteiger partial charge in [-0.25, -0.2) is 4.98 Å². The predicted octanol–water partition coefficient (Wildman–Crippen LogP) is 3.31. The van der Waals surface area contributed by atoms with Gasteiger partial charge in [0.05, 0.1) is 12.0 Å². The van der Waals surface area contributed by atoms with E-state index in [4.69, 9.17) is 4.74 Å². The van der Waals surface area contributed by atoms with Crippen molar-refractivity contribution in [3.05, 3.63) is 85.0 Å². The molecule has 0 atom stereocenters. The Labute approximate surface area is 174 Å². The van der Waals surface area contributed by atoms with Crippen LogP contribution in [0.2, 0.25) is 0 Å². The van der Waals surface area contributed by atoms with Crippen LogP contribution in [-0.4, -0.2) is 34.0 Å². The van der Waals surface area contributed by atoms with Crippen molar-refractivity contribution in [2.75, 3.05) is 11.9 Å². The Morgan fingerprint density at radius 3 is 2.77 bits per heavy atom. The highest BCUT2D eigenvalue weighted by Crippen LogP contribution is 2.26. The minimum Gasteiger partial charge on any atom is -0.483 e. The topological polar surface area (TPSA) is 85.2 Å². The molecule has 7 nitrogen and oxygen atoms in total. The molecule has 1 aromatic heterocycles. The summed E-state index contributed by atoms with van der Waals surface area (Å²) in [6.07, 6.45) is 7.15. The van der Waals surface area contributed by atoms with Crippen LogP contribution in [0.25, 0.3) is 5.70 Å². The SMILES string of the molecule is C=C(c1ccccc1OCC(=O)Nc1cccc(C(=O)NC2CC2)c1)n1ccnc1. The summed E-state index contributed by atoms with van der Waals surface area (Å²) >= 11 is 0. The van der Waals surface area contributed by atoms with Gasteiger partial charge in [0.1, 0.15) is 5.75 Å². The zero-order valence-electron chi connectivity index (χ0n) is 16.4. The van der Waals surface area contributed by atoms with Crippen molar-refractivity contribution in [3.63, 3.8) is 0 Å². The molecule has 7 heteroatoms. The van der Waals surface area contributed by atoms with Crippen molar-refractivity contribution in [1.82, 2.24) is 14.9 Å². The van der Waals surface area contributed by atoms with Crippen LogP contribution in [-0.2, 0) is 4.79 Å². The van der Waals surface area contributed by atoms with E-state index in [0.29, 0.717) is 22.7 Å². The maximum Gasteiger partial charge on any atom is 0.262 e. The summed E-state index contributed by atoms with van der Waals surface area (Å²) < 4.78 is 7.52. The summed E-state index contributed by atoms with van der Waals surface area (Å²) in [5, 5.41) is 5.71. The third kappa shape index (κ3) is 4.75. The molecule has 0 unspecified atom stereocenters. The normalized spacial score (nSPS) is 12.8. The van der Waals surface area contributed by atoms with Gasteiger partial charge in [-0.1, -0.05) is 24.8 Å². The fraction of sp³-hybridized carbons (Fsp3) is 0.174. The summed E-state index contributed by atoms with van der Waals surface area (Å²) in [6.45, 7) is 3.90. The third-order valence-electron chi connectivity index (χ3n) is 4.69. The zero-order chi connectivity index (χ0) is 20.9. The summed E-state index contributed by atoms with van der Waals surface area (Å²) in [5.41, 5.74) is 2.52. The van der Waals surface area contributed by atoms with Crippen molar-refractivity contribution in [2.24, 2.45) is 0 Å². The highest BCUT2D eigenvalue weighted by Gasteiger charge is 2.23. The molecule has 2 N–H and O–H groups in total. The number of hydrogen-bond donors (Lipinski definition) is 2. The molecule has 0 aliphatic heterocycles. The number of aromatic nitrogens is 2. The second kappa shape index (κ2) is 8.65. The van der Waals surface area contributed by atoms with E-state index in [1.54, 1.807) is 53.6 Å². The summed E-state index contributed by atoms with van der Waals surface area (Å²) in [5.74, 6) is 0.0958. The Morgan fingerprint density at radius 2 is 2.00 bits per heavy atom. The number of carbonyl (C=O) groups is 2. The molecule has 1 aliphatic carbocycles. The number of imidazole rings is 1. The Kier molecular flexibility index (Phi) is 5.61. The number of ether oxygens (including phenoxy) is 1. The smallest absolute Gasteiger partial charge is 0.262 e. The molecule has 0 radical (unpaired) electrons. The number of amides is 2. The maximum absolute atomic E-state index is 12.4. The van der Waals surface area contributed by atoms with Gasteiger partial charge in [0.25, 0.3) is 11.8 Å². The molecule has 0 bridgehead atoms. The minimum atomic E-state index is -0.321. The molecule has 4 rings (SSSR count). The van der Waals surface area contributed by atoms with Crippen molar-refractivity contribution in [3.8, 4) is 5.75 Å². The Bertz CT molecular complexity index is 1070. The second-order valence-electron chi connectivity index (χ2n) is 7.08. The average molecular weight is 402 g/mol. The quantitative estimate of drug-likeness (QED) is 0.605. The molecule has 2 aromatic carbocycles. The van der Waals surface area contributed by atoms with E-state index in [9.17, 15) is 9.59 Å². The van der Waals surface area contributed by atoms with Crippen molar-refractivity contribution < 1.29 is 14.3 Å². The van der Waals surface area contributed by atoms with E-state index in [1.165, 1.54) is 0 Å². The van der Waals surface area contributed by atoms with Crippen LogP contribution in [0.4, 0.5) is 5.69 Å². The summed E-state index contributed by atoms with van der Waals surface area (Å²) in [4.78, 5) is 28.6. The van der Waals surface area contributed by atoms with Crippen LogP contribution in [0.15, 0.2) is 73.8 Å². The molecule has 0 spiro atoms. The first-order chi connectivity index (χ1) is 14.6. The number of nitrogens with one attached hydrogen (secondary N) is 2. The van der Waals surface area contributed by atoms with Crippen molar-refractivity contribution >= 4 is 23.2 Å². The fourth-order valence-corrected chi connectivity index (χ4v) is 2.96. The number of para-hydroxylation sites is 1. The molecule has 0 saturated heterocycles. The van der Waals surface area contributed by atoms with Crippen LogP contribution in [0.5, 0.6) is 5.75 Å². The Hall–Kier alpha value is -3.87. The molecular formula is C23H22N4O3.